The standard InChI is InChI=1S/C14H12ClNO2S2/c15-8-2-1-3-9(6-8)19-7-12-16-13-10(14(17)18)4-5-11(13)20-12/h1-3,6,10H,4-5,7H2,(H,17,18). The highest BCUT2D eigenvalue weighted by Crippen LogP contribution is 2.38. The minimum atomic E-state index is -0.761. The number of carbonyl (C=O) groups is 1. The van der Waals surface area contributed by atoms with Crippen LogP contribution >= 0.6 is 34.7 Å². The van der Waals surface area contributed by atoms with E-state index in [1.54, 1.807) is 23.1 Å². The molecule has 0 saturated heterocycles. The maximum absolute atomic E-state index is 11.1. The number of fused-ring (bicyclic) bond motifs is 1. The molecule has 20 heavy (non-hydrogen) atoms. The first-order chi connectivity index (χ1) is 9.63. The summed E-state index contributed by atoms with van der Waals surface area (Å²) >= 11 is 9.26. The molecule has 0 bridgehead atoms. The van der Waals surface area contributed by atoms with Crippen molar-refractivity contribution in [3.05, 3.63) is 44.9 Å². The van der Waals surface area contributed by atoms with Crippen LogP contribution in [-0.2, 0) is 17.0 Å². The molecule has 0 saturated carbocycles. The molecular formula is C14H12ClNO2S2. The molecule has 0 spiro atoms. The number of benzene rings is 1. The molecular weight excluding hydrogens is 314 g/mol. The first-order valence-electron chi connectivity index (χ1n) is 6.23. The minimum absolute atomic E-state index is 0.411. The third-order valence-electron chi connectivity index (χ3n) is 3.22. The van der Waals surface area contributed by atoms with Crippen molar-refractivity contribution in [3.63, 3.8) is 0 Å². The predicted octanol–water partition coefficient (Wildman–Crippen LogP) is 4.20. The Morgan fingerprint density at radius 1 is 1.55 bits per heavy atom. The van der Waals surface area contributed by atoms with Gasteiger partial charge >= 0.3 is 5.97 Å². The van der Waals surface area contributed by atoms with E-state index in [2.05, 4.69) is 4.98 Å². The van der Waals surface area contributed by atoms with Crippen molar-refractivity contribution >= 4 is 40.7 Å². The average molecular weight is 326 g/mol. The van der Waals surface area contributed by atoms with E-state index in [4.69, 9.17) is 16.7 Å². The number of nitrogens with zero attached hydrogens (tertiary/aromatic N) is 1. The second-order valence-corrected chi connectivity index (χ2v) is 7.24. The van der Waals surface area contributed by atoms with Crippen LogP contribution < -0.4 is 0 Å². The zero-order valence-electron chi connectivity index (χ0n) is 10.5. The number of thioether (sulfide) groups is 1. The maximum Gasteiger partial charge on any atom is 0.312 e. The first-order valence-corrected chi connectivity index (χ1v) is 8.41. The Labute approximate surface area is 130 Å². The van der Waals surface area contributed by atoms with Gasteiger partial charge in [-0.2, -0.15) is 0 Å². The number of aliphatic carboxylic acids is 1. The van der Waals surface area contributed by atoms with Gasteiger partial charge < -0.3 is 5.11 Å². The highest BCUT2D eigenvalue weighted by atomic mass is 35.5. The van der Waals surface area contributed by atoms with Crippen LogP contribution in [0.3, 0.4) is 0 Å². The van der Waals surface area contributed by atoms with Crippen LogP contribution in [0.5, 0.6) is 0 Å². The van der Waals surface area contributed by atoms with E-state index in [-0.39, 0.29) is 0 Å². The van der Waals surface area contributed by atoms with Crippen LogP contribution in [0.2, 0.25) is 5.02 Å². The Morgan fingerprint density at radius 3 is 3.15 bits per heavy atom. The lowest BCUT2D eigenvalue weighted by Gasteiger charge is -2.02. The Balaban J connectivity index is 1.71. The van der Waals surface area contributed by atoms with Crippen molar-refractivity contribution in [1.82, 2.24) is 4.98 Å². The SMILES string of the molecule is O=C(O)C1CCc2sc(CSc3cccc(Cl)c3)nc21. The smallest absolute Gasteiger partial charge is 0.312 e. The molecule has 0 fully saturated rings. The average Bonchev–Trinajstić information content (AvgIpc) is 2.95. The summed E-state index contributed by atoms with van der Waals surface area (Å²) in [6.45, 7) is 0. The van der Waals surface area contributed by atoms with E-state index in [0.717, 1.165) is 37.7 Å². The third-order valence-corrected chi connectivity index (χ3v) is 5.77. The topological polar surface area (TPSA) is 50.2 Å². The Morgan fingerprint density at radius 2 is 2.40 bits per heavy atom. The van der Waals surface area contributed by atoms with E-state index in [1.807, 2.05) is 24.3 Å². The molecule has 0 radical (unpaired) electrons. The molecule has 1 aliphatic rings. The molecule has 104 valence electrons. The Bertz CT molecular complexity index is 656. The number of rotatable bonds is 4. The van der Waals surface area contributed by atoms with Crippen molar-refractivity contribution < 1.29 is 9.90 Å². The van der Waals surface area contributed by atoms with Gasteiger partial charge in [-0.15, -0.1) is 23.1 Å². The summed E-state index contributed by atoms with van der Waals surface area (Å²) < 4.78 is 0. The summed E-state index contributed by atoms with van der Waals surface area (Å²) in [6.07, 6.45) is 1.52. The largest absolute Gasteiger partial charge is 0.481 e. The molecule has 2 aromatic rings. The molecule has 1 N–H and O–H groups in total. The normalized spacial score (nSPS) is 17.1. The van der Waals surface area contributed by atoms with Crippen LogP contribution in [0, 0.1) is 0 Å². The number of carboxylic acids is 1. The monoisotopic (exact) mass is 325 g/mol. The summed E-state index contributed by atoms with van der Waals surface area (Å²) in [5, 5.41) is 10.9. The summed E-state index contributed by atoms with van der Waals surface area (Å²) in [4.78, 5) is 17.9. The molecule has 1 aromatic carbocycles. The van der Waals surface area contributed by atoms with Gasteiger partial charge in [-0.1, -0.05) is 17.7 Å². The fraction of sp³-hybridized carbons (Fsp3) is 0.286. The summed E-state index contributed by atoms with van der Waals surface area (Å²) in [5.74, 6) is -0.418. The zero-order valence-corrected chi connectivity index (χ0v) is 12.9. The number of halogens is 1. The lowest BCUT2D eigenvalue weighted by molar-refractivity contribution is -0.138. The van der Waals surface area contributed by atoms with Crippen molar-refractivity contribution in [2.75, 3.05) is 0 Å². The molecule has 0 aliphatic heterocycles. The molecule has 1 heterocycles. The molecule has 1 unspecified atom stereocenters. The summed E-state index contributed by atoms with van der Waals surface area (Å²) in [5.41, 5.74) is 0.782. The first kappa shape index (κ1) is 13.9. The number of aromatic nitrogens is 1. The number of thiazole rings is 1. The van der Waals surface area contributed by atoms with Crippen LogP contribution in [0.4, 0.5) is 0 Å². The van der Waals surface area contributed by atoms with Gasteiger partial charge in [0.15, 0.2) is 0 Å². The summed E-state index contributed by atoms with van der Waals surface area (Å²) in [7, 11) is 0. The summed E-state index contributed by atoms with van der Waals surface area (Å²) in [6, 6.07) is 7.71. The van der Waals surface area contributed by atoms with Crippen molar-refractivity contribution in [2.24, 2.45) is 0 Å². The number of carboxylic acid groups (broad SMARTS) is 1. The Hall–Kier alpha value is -1.04. The van der Waals surface area contributed by atoms with Crippen LogP contribution in [-0.4, -0.2) is 16.1 Å². The van der Waals surface area contributed by atoms with Gasteiger partial charge in [0.2, 0.25) is 0 Å². The molecule has 3 nitrogen and oxygen atoms in total. The number of hydrogen-bond acceptors (Lipinski definition) is 4. The van der Waals surface area contributed by atoms with Gasteiger partial charge in [-0.3, -0.25) is 4.79 Å². The fourth-order valence-electron chi connectivity index (χ4n) is 2.28. The van der Waals surface area contributed by atoms with Crippen molar-refractivity contribution in [2.45, 2.75) is 29.4 Å². The third kappa shape index (κ3) is 2.85. The van der Waals surface area contributed by atoms with E-state index in [9.17, 15) is 4.79 Å². The second-order valence-electron chi connectivity index (χ2n) is 4.59. The molecule has 1 aromatic heterocycles. The van der Waals surface area contributed by atoms with Crippen molar-refractivity contribution in [1.29, 1.82) is 0 Å². The van der Waals surface area contributed by atoms with Crippen LogP contribution in [0.25, 0.3) is 0 Å². The van der Waals surface area contributed by atoms with Crippen LogP contribution in [0.1, 0.15) is 27.9 Å². The van der Waals surface area contributed by atoms with E-state index in [1.165, 1.54) is 0 Å². The molecule has 1 atom stereocenters. The van der Waals surface area contributed by atoms with Crippen LogP contribution in [0.15, 0.2) is 29.2 Å². The van der Waals surface area contributed by atoms with Gasteiger partial charge in [0.05, 0.1) is 11.4 Å². The second kappa shape index (κ2) is 5.76. The van der Waals surface area contributed by atoms with Gasteiger partial charge in [0.1, 0.15) is 10.9 Å². The van der Waals surface area contributed by atoms with Gasteiger partial charge in [-0.25, -0.2) is 4.98 Å². The maximum atomic E-state index is 11.1. The predicted molar refractivity (Wildman–Crippen MR) is 81.8 cm³/mol. The van der Waals surface area contributed by atoms with E-state index < -0.39 is 11.9 Å². The lowest BCUT2D eigenvalue weighted by atomic mass is 10.1. The molecule has 1 aliphatic carbocycles. The highest BCUT2D eigenvalue weighted by molar-refractivity contribution is 7.98. The van der Waals surface area contributed by atoms with E-state index >= 15 is 0 Å². The number of hydrogen-bond donors (Lipinski definition) is 1. The van der Waals surface area contributed by atoms with Crippen molar-refractivity contribution in [3.8, 4) is 0 Å². The molecule has 0 amide bonds. The number of aryl methyl sites for hydroxylation is 1. The van der Waals surface area contributed by atoms with Gasteiger partial charge in [0.25, 0.3) is 0 Å². The van der Waals surface area contributed by atoms with Gasteiger partial charge in [-0.05, 0) is 31.0 Å². The zero-order chi connectivity index (χ0) is 14.1. The molecule has 3 rings (SSSR count). The minimum Gasteiger partial charge on any atom is -0.481 e. The quantitative estimate of drug-likeness (QED) is 0.856. The lowest BCUT2D eigenvalue weighted by Crippen LogP contribution is -2.08. The van der Waals surface area contributed by atoms with E-state index in [0.29, 0.717) is 6.42 Å². The Kier molecular flexibility index (Phi) is 4.01. The fourth-order valence-corrected chi connectivity index (χ4v) is 4.63. The van der Waals surface area contributed by atoms with Gasteiger partial charge in [0, 0.05) is 14.8 Å². The molecule has 6 heteroatoms. The highest BCUT2D eigenvalue weighted by Gasteiger charge is 2.32.